The third-order valence-corrected chi connectivity index (χ3v) is 4.66. The van der Waals surface area contributed by atoms with Crippen LogP contribution in [-0.2, 0) is 11.3 Å². The molecule has 96 valence electrons. The molecule has 0 saturated heterocycles. The molecule has 1 aromatic heterocycles. The summed E-state index contributed by atoms with van der Waals surface area (Å²) >= 11 is 8.94. The van der Waals surface area contributed by atoms with Crippen LogP contribution in [0.5, 0.6) is 0 Å². The molecule has 0 radical (unpaired) electrons. The molecule has 1 aromatic rings. The van der Waals surface area contributed by atoms with Gasteiger partial charge in [-0.15, -0.1) is 23.1 Å². The molecule has 0 fully saturated rings. The zero-order chi connectivity index (χ0) is 12.8. The van der Waals surface area contributed by atoms with Crippen molar-refractivity contribution in [3.63, 3.8) is 0 Å². The second kappa shape index (κ2) is 7.26. The van der Waals surface area contributed by atoms with Gasteiger partial charge in [-0.2, -0.15) is 0 Å². The summed E-state index contributed by atoms with van der Waals surface area (Å²) in [7, 11) is 1.81. The third kappa shape index (κ3) is 5.29. The first-order chi connectivity index (χ1) is 8.02. The molecule has 0 aliphatic heterocycles. The van der Waals surface area contributed by atoms with Crippen LogP contribution in [0.2, 0.25) is 4.34 Å². The minimum absolute atomic E-state index is 0.125. The highest BCUT2D eigenvalue weighted by atomic mass is 35.5. The number of carbonyl (C=O) groups excluding carboxylic acids is 1. The summed E-state index contributed by atoms with van der Waals surface area (Å²) in [5.74, 6) is 0.605. The number of thioether (sulfide) groups is 1. The van der Waals surface area contributed by atoms with Crippen molar-refractivity contribution in [2.45, 2.75) is 18.7 Å². The molecule has 3 nitrogen and oxygen atoms in total. The molecule has 1 unspecified atom stereocenters. The van der Waals surface area contributed by atoms with Gasteiger partial charge in [-0.05, 0) is 12.1 Å². The van der Waals surface area contributed by atoms with Gasteiger partial charge in [0.1, 0.15) is 0 Å². The first-order valence-electron chi connectivity index (χ1n) is 5.32. The maximum Gasteiger partial charge on any atom is 0.232 e. The normalized spacial score (nSPS) is 12.5. The summed E-state index contributed by atoms with van der Waals surface area (Å²) in [4.78, 5) is 14.6. The largest absolute Gasteiger partial charge is 0.340 e. The maximum absolute atomic E-state index is 11.8. The number of halogens is 1. The lowest BCUT2D eigenvalue weighted by molar-refractivity contribution is -0.127. The number of hydrogen-bond acceptors (Lipinski definition) is 4. The quantitative estimate of drug-likeness (QED) is 0.876. The molecule has 0 saturated carbocycles. The summed E-state index contributed by atoms with van der Waals surface area (Å²) in [6.45, 7) is 3.24. The maximum atomic E-state index is 11.8. The second-order valence-electron chi connectivity index (χ2n) is 3.81. The van der Waals surface area contributed by atoms with Crippen LogP contribution in [0.25, 0.3) is 0 Å². The van der Waals surface area contributed by atoms with E-state index in [0.29, 0.717) is 24.1 Å². The Bertz CT molecular complexity index is 370. The molecular formula is C11H17ClN2OS2. The van der Waals surface area contributed by atoms with E-state index < -0.39 is 0 Å². The van der Waals surface area contributed by atoms with Crippen molar-refractivity contribution >= 4 is 40.6 Å². The smallest absolute Gasteiger partial charge is 0.232 e. The lowest BCUT2D eigenvalue weighted by atomic mass is 10.4. The summed E-state index contributed by atoms with van der Waals surface area (Å²) in [6.07, 6.45) is 0. The van der Waals surface area contributed by atoms with E-state index in [1.807, 2.05) is 26.1 Å². The highest BCUT2D eigenvalue weighted by Crippen LogP contribution is 2.22. The molecule has 6 heteroatoms. The Balaban J connectivity index is 2.36. The second-order valence-corrected chi connectivity index (χ2v) is 7.04. The third-order valence-electron chi connectivity index (χ3n) is 2.27. The van der Waals surface area contributed by atoms with Gasteiger partial charge in [-0.3, -0.25) is 4.79 Å². The lowest BCUT2D eigenvalue weighted by Crippen LogP contribution is -2.28. The van der Waals surface area contributed by atoms with Crippen LogP contribution in [0.15, 0.2) is 12.1 Å². The molecule has 0 aliphatic carbocycles. The topological polar surface area (TPSA) is 46.3 Å². The lowest BCUT2D eigenvalue weighted by Gasteiger charge is -2.17. The Kier molecular flexibility index (Phi) is 6.33. The number of carbonyl (C=O) groups is 1. The molecule has 1 amide bonds. The molecule has 2 N–H and O–H groups in total. The van der Waals surface area contributed by atoms with Gasteiger partial charge in [0.2, 0.25) is 5.91 Å². The Morgan fingerprint density at radius 2 is 2.35 bits per heavy atom. The van der Waals surface area contributed by atoms with Crippen molar-refractivity contribution < 1.29 is 4.79 Å². The molecular weight excluding hydrogens is 276 g/mol. The fraction of sp³-hybridized carbons (Fsp3) is 0.545. The van der Waals surface area contributed by atoms with E-state index in [1.54, 1.807) is 16.7 Å². The van der Waals surface area contributed by atoms with Crippen LogP contribution < -0.4 is 5.73 Å². The van der Waals surface area contributed by atoms with E-state index in [-0.39, 0.29) is 5.91 Å². The van der Waals surface area contributed by atoms with Gasteiger partial charge in [0, 0.05) is 23.7 Å². The van der Waals surface area contributed by atoms with Crippen molar-refractivity contribution in [1.29, 1.82) is 0 Å². The van der Waals surface area contributed by atoms with Crippen LogP contribution in [0.3, 0.4) is 0 Å². The molecule has 17 heavy (non-hydrogen) atoms. The Hall–Kier alpha value is -0.230. The highest BCUT2D eigenvalue weighted by molar-refractivity contribution is 8.00. The standard InChI is InChI=1S/C11H17ClN2OS2/c1-8(5-13)16-7-11(15)14(2)6-9-3-4-10(12)17-9/h3-4,8H,5-7,13H2,1-2H3. The predicted octanol–water partition coefficient (Wildman–Crippen LogP) is 2.44. The Morgan fingerprint density at radius 3 is 2.88 bits per heavy atom. The molecule has 1 rings (SSSR count). The number of nitrogens with two attached hydrogens (primary N) is 1. The zero-order valence-electron chi connectivity index (χ0n) is 9.98. The van der Waals surface area contributed by atoms with Crippen LogP contribution in [0.4, 0.5) is 0 Å². The van der Waals surface area contributed by atoms with Crippen LogP contribution >= 0.6 is 34.7 Å². The van der Waals surface area contributed by atoms with E-state index in [9.17, 15) is 4.79 Å². The number of amides is 1. The van der Waals surface area contributed by atoms with Gasteiger partial charge in [0.15, 0.2) is 0 Å². The van der Waals surface area contributed by atoms with E-state index in [2.05, 4.69) is 0 Å². The van der Waals surface area contributed by atoms with Crippen molar-refractivity contribution in [3.05, 3.63) is 21.3 Å². The molecule has 0 aromatic carbocycles. The summed E-state index contributed by atoms with van der Waals surface area (Å²) in [5, 5.41) is 0.323. The van der Waals surface area contributed by atoms with Crippen molar-refractivity contribution in [3.8, 4) is 0 Å². The zero-order valence-corrected chi connectivity index (χ0v) is 12.4. The molecule has 0 bridgehead atoms. The predicted molar refractivity (Wildman–Crippen MR) is 76.8 cm³/mol. The minimum Gasteiger partial charge on any atom is -0.340 e. The fourth-order valence-corrected chi connectivity index (χ4v) is 3.08. The molecule has 0 aliphatic rings. The molecule has 1 heterocycles. The van der Waals surface area contributed by atoms with E-state index in [0.717, 1.165) is 9.21 Å². The minimum atomic E-state index is 0.125. The van der Waals surface area contributed by atoms with Gasteiger partial charge in [0.05, 0.1) is 16.6 Å². The highest BCUT2D eigenvalue weighted by Gasteiger charge is 2.12. The number of thiophene rings is 1. The first-order valence-corrected chi connectivity index (χ1v) is 7.57. The summed E-state index contributed by atoms with van der Waals surface area (Å²) < 4.78 is 0.756. The van der Waals surface area contributed by atoms with Crippen LogP contribution in [0, 0.1) is 0 Å². The van der Waals surface area contributed by atoms with Crippen molar-refractivity contribution in [2.24, 2.45) is 5.73 Å². The van der Waals surface area contributed by atoms with Gasteiger partial charge in [-0.1, -0.05) is 18.5 Å². The van der Waals surface area contributed by atoms with E-state index >= 15 is 0 Å². The van der Waals surface area contributed by atoms with Gasteiger partial charge >= 0.3 is 0 Å². The van der Waals surface area contributed by atoms with Crippen LogP contribution in [-0.4, -0.2) is 35.4 Å². The van der Waals surface area contributed by atoms with Crippen LogP contribution in [0.1, 0.15) is 11.8 Å². The first kappa shape index (κ1) is 14.8. The van der Waals surface area contributed by atoms with Gasteiger partial charge in [0.25, 0.3) is 0 Å². The Morgan fingerprint density at radius 1 is 1.65 bits per heavy atom. The Labute approximate surface area is 115 Å². The summed E-state index contributed by atoms with van der Waals surface area (Å²) in [5.41, 5.74) is 5.50. The molecule has 1 atom stereocenters. The van der Waals surface area contributed by atoms with E-state index in [4.69, 9.17) is 17.3 Å². The van der Waals surface area contributed by atoms with Gasteiger partial charge < -0.3 is 10.6 Å². The SMILES string of the molecule is CC(CN)SCC(=O)N(C)Cc1ccc(Cl)s1. The average Bonchev–Trinajstić information content (AvgIpc) is 2.70. The summed E-state index contributed by atoms with van der Waals surface area (Å²) in [6, 6.07) is 3.80. The number of rotatable bonds is 6. The average molecular weight is 293 g/mol. The van der Waals surface area contributed by atoms with Crippen molar-refractivity contribution in [1.82, 2.24) is 4.90 Å². The van der Waals surface area contributed by atoms with E-state index in [1.165, 1.54) is 11.3 Å². The number of hydrogen-bond donors (Lipinski definition) is 1. The van der Waals surface area contributed by atoms with Crippen molar-refractivity contribution in [2.75, 3.05) is 19.3 Å². The van der Waals surface area contributed by atoms with Gasteiger partial charge in [-0.25, -0.2) is 0 Å². The molecule has 0 spiro atoms. The monoisotopic (exact) mass is 292 g/mol. The fourth-order valence-electron chi connectivity index (χ4n) is 1.15. The number of nitrogens with zero attached hydrogens (tertiary/aromatic N) is 1.